The van der Waals surface area contributed by atoms with Crippen molar-refractivity contribution in [3.63, 3.8) is 0 Å². The Kier molecular flexibility index (Phi) is 3.56. The van der Waals surface area contributed by atoms with Crippen LogP contribution in [-0.2, 0) is 12.8 Å². The topological polar surface area (TPSA) is 34.4 Å². The molecule has 0 radical (unpaired) electrons. The maximum absolute atomic E-state index is 6.08. The van der Waals surface area contributed by atoms with Crippen LogP contribution in [0.4, 0.5) is 0 Å². The number of hydrogen-bond acceptors (Lipinski definition) is 3. The van der Waals surface area contributed by atoms with Gasteiger partial charge in [0.25, 0.3) is 0 Å². The van der Waals surface area contributed by atoms with E-state index in [2.05, 4.69) is 30.4 Å². The van der Waals surface area contributed by atoms with E-state index in [0.717, 1.165) is 25.1 Å². The molecule has 0 aliphatic carbocycles. The number of rotatable bonds is 5. The van der Waals surface area contributed by atoms with Crippen LogP contribution in [0, 0.1) is 0 Å². The van der Waals surface area contributed by atoms with E-state index in [1.54, 1.807) is 6.26 Å². The summed E-state index contributed by atoms with van der Waals surface area (Å²) >= 11 is 0. The maximum atomic E-state index is 6.08. The van der Waals surface area contributed by atoms with Crippen molar-refractivity contribution < 1.29 is 9.15 Å². The summed E-state index contributed by atoms with van der Waals surface area (Å²) in [6.07, 6.45) is 5.65. The predicted octanol–water partition coefficient (Wildman–Crippen LogP) is 2.80. The number of likely N-dealkylation sites (N-methyl/N-ethyl adjacent to an activating group) is 1. The fourth-order valence-electron chi connectivity index (χ4n) is 2.69. The summed E-state index contributed by atoms with van der Waals surface area (Å²) in [5.41, 5.74) is 2.52. The third-order valence-corrected chi connectivity index (χ3v) is 3.62. The van der Waals surface area contributed by atoms with Crippen LogP contribution in [-0.4, -0.2) is 18.7 Å². The van der Waals surface area contributed by atoms with Crippen molar-refractivity contribution in [3.05, 3.63) is 54.0 Å². The van der Waals surface area contributed by atoms with Gasteiger partial charge in [-0.15, -0.1) is 0 Å². The minimum Gasteiger partial charge on any atom is -0.488 e. The fraction of sp³-hybridized carbons (Fsp3) is 0.375. The van der Waals surface area contributed by atoms with Crippen LogP contribution in [0.3, 0.4) is 0 Å². The van der Waals surface area contributed by atoms with Gasteiger partial charge in [-0.3, -0.25) is 0 Å². The SMILES string of the molecule is CCNC(Cc1ccoc1)C1Cc2ccccc2O1. The van der Waals surface area contributed by atoms with Gasteiger partial charge in [-0.05, 0) is 36.2 Å². The van der Waals surface area contributed by atoms with Gasteiger partial charge in [-0.25, -0.2) is 0 Å². The van der Waals surface area contributed by atoms with Crippen molar-refractivity contribution in [3.8, 4) is 5.75 Å². The molecule has 1 N–H and O–H groups in total. The number of para-hydroxylation sites is 1. The number of nitrogens with one attached hydrogen (secondary N) is 1. The zero-order chi connectivity index (χ0) is 13.1. The molecule has 3 rings (SSSR count). The average Bonchev–Trinajstić information content (AvgIpc) is 3.06. The van der Waals surface area contributed by atoms with Crippen molar-refractivity contribution in [1.29, 1.82) is 0 Å². The molecule has 1 aliphatic heterocycles. The molecular weight excluding hydrogens is 238 g/mol. The standard InChI is InChI=1S/C16H19NO2/c1-2-17-14(9-12-7-8-18-11-12)16-10-13-5-3-4-6-15(13)19-16/h3-8,11,14,16-17H,2,9-10H2,1H3. The normalized spacial score (nSPS) is 18.9. The van der Waals surface area contributed by atoms with Gasteiger partial charge >= 0.3 is 0 Å². The van der Waals surface area contributed by atoms with E-state index in [4.69, 9.17) is 9.15 Å². The Morgan fingerprint density at radius 2 is 2.21 bits per heavy atom. The smallest absolute Gasteiger partial charge is 0.123 e. The highest BCUT2D eigenvalue weighted by Crippen LogP contribution is 2.30. The van der Waals surface area contributed by atoms with Crippen molar-refractivity contribution in [2.45, 2.75) is 31.9 Å². The van der Waals surface area contributed by atoms with Gasteiger partial charge in [0.1, 0.15) is 11.9 Å². The molecule has 0 saturated carbocycles. The van der Waals surface area contributed by atoms with Crippen LogP contribution in [0.1, 0.15) is 18.1 Å². The zero-order valence-corrected chi connectivity index (χ0v) is 11.1. The predicted molar refractivity (Wildman–Crippen MR) is 74.4 cm³/mol. The van der Waals surface area contributed by atoms with E-state index in [1.807, 2.05) is 18.4 Å². The summed E-state index contributed by atoms with van der Waals surface area (Å²) < 4.78 is 11.2. The molecule has 3 nitrogen and oxygen atoms in total. The van der Waals surface area contributed by atoms with Gasteiger partial charge in [0.15, 0.2) is 0 Å². The van der Waals surface area contributed by atoms with E-state index >= 15 is 0 Å². The molecule has 0 saturated heterocycles. The van der Waals surface area contributed by atoms with Crippen molar-refractivity contribution in [2.75, 3.05) is 6.54 Å². The molecule has 19 heavy (non-hydrogen) atoms. The molecule has 0 fully saturated rings. The highest BCUT2D eigenvalue weighted by atomic mass is 16.5. The highest BCUT2D eigenvalue weighted by Gasteiger charge is 2.29. The first-order chi connectivity index (χ1) is 9.36. The monoisotopic (exact) mass is 257 g/mol. The molecule has 0 bridgehead atoms. The fourth-order valence-corrected chi connectivity index (χ4v) is 2.69. The lowest BCUT2D eigenvalue weighted by Gasteiger charge is -2.23. The number of hydrogen-bond donors (Lipinski definition) is 1. The molecule has 1 aliphatic rings. The minimum absolute atomic E-state index is 0.201. The van der Waals surface area contributed by atoms with Crippen LogP contribution >= 0.6 is 0 Å². The van der Waals surface area contributed by atoms with Crippen LogP contribution in [0.25, 0.3) is 0 Å². The van der Waals surface area contributed by atoms with E-state index in [1.165, 1.54) is 11.1 Å². The van der Waals surface area contributed by atoms with Gasteiger partial charge in [-0.1, -0.05) is 25.1 Å². The van der Waals surface area contributed by atoms with E-state index < -0.39 is 0 Å². The summed E-state index contributed by atoms with van der Waals surface area (Å²) in [5.74, 6) is 1.03. The van der Waals surface area contributed by atoms with E-state index in [0.29, 0.717) is 6.04 Å². The maximum Gasteiger partial charge on any atom is 0.123 e. The first-order valence-corrected chi connectivity index (χ1v) is 6.86. The van der Waals surface area contributed by atoms with Gasteiger partial charge in [0.05, 0.1) is 12.5 Å². The third kappa shape index (κ3) is 2.66. The number of furan rings is 1. The summed E-state index contributed by atoms with van der Waals surface area (Å²) in [6.45, 7) is 3.07. The van der Waals surface area contributed by atoms with E-state index in [9.17, 15) is 0 Å². The Labute approximate surface area is 113 Å². The molecule has 2 unspecified atom stereocenters. The average molecular weight is 257 g/mol. The molecule has 2 heterocycles. The Bertz CT molecular complexity index is 496. The Morgan fingerprint density at radius 3 is 2.95 bits per heavy atom. The second kappa shape index (κ2) is 5.49. The molecule has 1 aromatic heterocycles. The quantitative estimate of drug-likeness (QED) is 0.894. The van der Waals surface area contributed by atoms with E-state index in [-0.39, 0.29) is 6.10 Å². The molecule has 0 spiro atoms. The van der Waals surface area contributed by atoms with Gasteiger partial charge in [-0.2, -0.15) is 0 Å². The van der Waals surface area contributed by atoms with Crippen molar-refractivity contribution >= 4 is 0 Å². The number of fused-ring (bicyclic) bond motifs is 1. The molecule has 2 aromatic rings. The lowest BCUT2D eigenvalue weighted by atomic mass is 9.99. The molecular formula is C16H19NO2. The summed E-state index contributed by atoms with van der Waals surface area (Å²) in [4.78, 5) is 0. The minimum atomic E-state index is 0.201. The van der Waals surface area contributed by atoms with Crippen LogP contribution < -0.4 is 10.1 Å². The zero-order valence-electron chi connectivity index (χ0n) is 11.1. The van der Waals surface area contributed by atoms with Gasteiger partial charge < -0.3 is 14.5 Å². The van der Waals surface area contributed by atoms with Crippen molar-refractivity contribution in [2.24, 2.45) is 0 Å². The summed E-state index contributed by atoms with van der Waals surface area (Å²) in [7, 11) is 0. The third-order valence-electron chi connectivity index (χ3n) is 3.62. The molecule has 0 amide bonds. The molecule has 1 aromatic carbocycles. The Balaban J connectivity index is 1.72. The Hall–Kier alpha value is -1.74. The largest absolute Gasteiger partial charge is 0.488 e. The number of ether oxygens (including phenoxy) is 1. The number of benzene rings is 1. The molecule has 2 atom stereocenters. The first-order valence-electron chi connectivity index (χ1n) is 6.86. The molecule has 3 heteroatoms. The lowest BCUT2D eigenvalue weighted by molar-refractivity contribution is 0.178. The highest BCUT2D eigenvalue weighted by molar-refractivity contribution is 5.37. The summed E-state index contributed by atoms with van der Waals surface area (Å²) in [5, 5.41) is 3.53. The lowest BCUT2D eigenvalue weighted by Crippen LogP contribution is -2.43. The van der Waals surface area contributed by atoms with Crippen LogP contribution in [0.2, 0.25) is 0 Å². The summed E-state index contributed by atoms with van der Waals surface area (Å²) in [6, 6.07) is 10.6. The Morgan fingerprint density at radius 1 is 1.32 bits per heavy atom. The molecule has 100 valence electrons. The second-order valence-corrected chi connectivity index (χ2v) is 4.97. The van der Waals surface area contributed by atoms with Gasteiger partial charge in [0.2, 0.25) is 0 Å². The second-order valence-electron chi connectivity index (χ2n) is 4.97. The van der Waals surface area contributed by atoms with Crippen molar-refractivity contribution in [1.82, 2.24) is 5.32 Å². The van der Waals surface area contributed by atoms with Gasteiger partial charge in [0, 0.05) is 12.5 Å². The first kappa shape index (κ1) is 12.3. The van der Waals surface area contributed by atoms with Crippen LogP contribution in [0.5, 0.6) is 5.75 Å². The van der Waals surface area contributed by atoms with Crippen LogP contribution in [0.15, 0.2) is 47.3 Å².